The molecule has 0 aliphatic carbocycles. The average Bonchev–Trinajstić information content (AvgIpc) is 2.82. The number of aliphatic hydroxyl groups is 1. The molecule has 154 valence electrons. The largest absolute Gasteiger partial charge is 0.380 e. The van der Waals surface area contributed by atoms with Crippen LogP contribution in [0.15, 0.2) is 109 Å². The van der Waals surface area contributed by atoms with Gasteiger partial charge in [-0.25, -0.2) is 0 Å². The summed E-state index contributed by atoms with van der Waals surface area (Å²) in [5.41, 5.74) is 2.19. The second kappa shape index (κ2) is 9.17. The van der Waals surface area contributed by atoms with Gasteiger partial charge in [0.05, 0.1) is 0 Å². The molecule has 4 heteroatoms. The molecular weight excluding hydrogens is 406 g/mol. The average molecular weight is 428 g/mol. The number of nitrogens with one attached hydrogen (secondary N) is 1. The van der Waals surface area contributed by atoms with Crippen molar-refractivity contribution in [2.75, 3.05) is 5.32 Å². The fraction of sp³-hybridized carbons (Fsp3) is 0.0741. The monoisotopic (exact) mass is 427 g/mol. The first kappa shape index (κ1) is 20.9. The maximum absolute atomic E-state index is 13.1. The molecule has 0 radical (unpaired) electrons. The highest BCUT2D eigenvalue weighted by Crippen LogP contribution is 2.34. The van der Waals surface area contributed by atoms with Gasteiger partial charge in [0, 0.05) is 22.7 Å². The molecule has 4 aromatic rings. The van der Waals surface area contributed by atoms with Crippen molar-refractivity contribution in [1.82, 2.24) is 0 Å². The quantitative estimate of drug-likeness (QED) is 0.392. The number of hydrogen-bond donors (Lipinski definition) is 2. The number of carbonyl (C=O) groups is 1. The summed E-state index contributed by atoms with van der Waals surface area (Å²) in [5, 5.41) is 15.4. The van der Waals surface area contributed by atoms with Crippen LogP contribution in [0.25, 0.3) is 0 Å². The standard InChI is InChI=1S/C27H22ClNO2/c28-23-15-17-24(18-16-23)29-26(30)25-14-8-7-9-20(25)19-27(31,21-10-3-1-4-11-21)22-12-5-2-6-13-22/h1-18,31H,19H2,(H,29,30). The Hall–Kier alpha value is -3.40. The summed E-state index contributed by atoms with van der Waals surface area (Å²) in [4.78, 5) is 13.1. The van der Waals surface area contributed by atoms with E-state index in [0.29, 0.717) is 16.3 Å². The van der Waals surface area contributed by atoms with Crippen LogP contribution in [0.2, 0.25) is 5.02 Å². The summed E-state index contributed by atoms with van der Waals surface area (Å²) in [6.07, 6.45) is 0.255. The van der Waals surface area contributed by atoms with Crippen molar-refractivity contribution in [2.24, 2.45) is 0 Å². The Morgan fingerprint density at radius 3 is 1.84 bits per heavy atom. The van der Waals surface area contributed by atoms with E-state index >= 15 is 0 Å². The van der Waals surface area contributed by atoms with Gasteiger partial charge in [-0.15, -0.1) is 0 Å². The van der Waals surface area contributed by atoms with E-state index in [-0.39, 0.29) is 12.3 Å². The number of anilines is 1. The zero-order valence-electron chi connectivity index (χ0n) is 16.8. The predicted molar refractivity (Wildman–Crippen MR) is 125 cm³/mol. The van der Waals surface area contributed by atoms with E-state index < -0.39 is 5.60 Å². The van der Waals surface area contributed by atoms with Crippen LogP contribution in [-0.2, 0) is 12.0 Å². The van der Waals surface area contributed by atoms with Crippen LogP contribution in [0.3, 0.4) is 0 Å². The second-order valence-electron chi connectivity index (χ2n) is 7.39. The van der Waals surface area contributed by atoms with Crippen molar-refractivity contribution in [3.05, 3.63) is 136 Å². The molecule has 0 bridgehead atoms. The van der Waals surface area contributed by atoms with Crippen molar-refractivity contribution in [3.8, 4) is 0 Å². The van der Waals surface area contributed by atoms with E-state index in [2.05, 4.69) is 5.32 Å². The third-order valence-corrected chi connectivity index (χ3v) is 5.57. The highest BCUT2D eigenvalue weighted by molar-refractivity contribution is 6.30. The molecule has 0 aliphatic heterocycles. The van der Waals surface area contributed by atoms with Gasteiger partial charge in [-0.1, -0.05) is 90.5 Å². The Kier molecular flexibility index (Phi) is 6.17. The molecule has 0 fully saturated rings. The maximum atomic E-state index is 13.1. The minimum atomic E-state index is -1.28. The van der Waals surface area contributed by atoms with Crippen LogP contribution in [0.5, 0.6) is 0 Å². The number of carbonyl (C=O) groups excluding carboxylic acids is 1. The summed E-state index contributed by atoms with van der Waals surface area (Å²) in [5.74, 6) is -0.235. The summed E-state index contributed by atoms with van der Waals surface area (Å²) in [7, 11) is 0. The molecule has 0 atom stereocenters. The van der Waals surface area contributed by atoms with Crippen molar-refractivity contribution in [3.63, 3.8) is 0 Å². The van der Waals surface area contributed by atoms with Gasteiger partial charge >= 0.3 is 0 Å². The first-order chi connectivity index (χ1) is 15.1. The van der Waals surface area contributed by atoms with Crippen LogP contribution in [-0.4, -0.2) is 11.0 Å². The zero-order valence-corrected chi connectivity index (χ0v) is 17.6. The number of amides is 1. The van der Waals surface area contributed by atoms with E-state index in [9.17, 15) is 9.90 Å². The van der Waals surface area contributed by atoms with Gasteiger partial charge in [0.1, 0.15) is 5.60 Å². The second-order valence-corrected chi connectivity index (χ2v) is 7.82. The number of rotatable bonds is 6. The molecule has 3 nitrogen and oxygen atoms in total. The third kappa shape index (κ3) is 4.69. The maximum Gasteiger partial charge on any atom is 0.255 e. The van der Waals surface area contributed by atoms with Crippen LogP contribution in [0, 0.1) is 0 Å². The molecule has 0 aromatic heterocycles. The lowest BCUT2D eigenvalue weighted by molar-refractivity contribution is 0.0806. The lowest BCUT2D eigenvalue weighted by atomic mass is 9.80. The molecule has 4 aromatic carbocycles. The van der Waals surface area contributed by atoms with Gasteiger partial charge in [-0.3, -0.25) is 4.79 Å². The lowest BCUT2D eigenvalue weighted by Gasteiger charge is -2.30. The number of hydrogen-bond acceptors (Lipinski definition) is 2. The highest BCUT2D eigenvalue weighted by atomic mass is 35.5. The Balaban J connectivity index is 1.70. The smallest absolute Gasteiger partial charge is 0.255 e. The molecule has 2 N–H and O–H groups in total. The molecule has 0 aliphatic rings. The normalized spacial score (nSPS) is 11.2. The van der Waals surface area contributed by atoms with Crippen molar-refractivity contribution < 1.29 is 9.90 Å². The zero-order chi connectivity index (χ0) is 21.7. The molecule has 0 spiro atoms. The van der Waals surface area contributed by atoms with Crippen molar-refractivity contribution in [2.45, 2.75) is 12.0 Å². The fourth-order valence-corrected chi connectivity index (χ4v) is 3.83. The third-order valence-electron chi connectivity index (χ3n) is 5.31. The summed E-state index contributed by atoms with van der Waals surface area (Å²) in [6.45, 7) is 0. The minimum absolute atomic E-state index is 0.235. The molecule has 4 rings (SSSR count). The van der Waals surface area contributed by atoms with Gasteiger partial charge in [-0.05, 0) is 47.0 Å². The first-order valence-electron chi connectivity index (χ1n) is 10.0. The van der Waals surface area contributed by atoms with E-state index in [4.69, 9.17) is 11.6 Å². The Bertz CT molecular complexity index is 1120. The van der Waals surface area contributed by atoms with E-state index in [1.165, 1.54) is 0 Å². The van der Waals surface area contributed by atoms with Gasteiger partial charge in [0.15, 0.2) is 0 Å². The SMILES string of the molecule is O=C(Nc1ccc(Cl)cc1)c1ccccc1CC(O)(c1ccccc1)c1ccccc1. The topological polar surface area (TPSA) is 49.3 Å². The molecule has 0 unspecified atom stereocenters. The van der Waals surface area contributed by atoms with Gasteiger partial charge in [0.25, 0.3) is 5.91 Å². The minimum Gasteiger partial charge on any atom is -0.380 e. The predicted octanol–water partition coefficient (Wildman–Crippen LogP) is 6.07. The number of halogens is 1. The highest BCUT2D eigenvalue weighted by Gasteiger charge is 2.33. The van der Waals surface area contributed by atoms with E-state index in [1.54, 1.807) is 30.3 Å². The van der Waals surface area contributed by atoms with E-state index in [1.807, 2.05) is 78.9 Å². The molecule has 31 heavy (non-hydrogen) atoms. The molecule has 0 saturated heterocycles. The van der Waals surface area contributed by atoms with Crippen molar-refractivity contribution in [1.29, 1.82) is 0 Å². The Morgan fingerprint density at radius 1 is 0.742 bits per heavy atom. The molecule has 0 heterocycles. The van der Waals surface area contributed by atoms with E-state index in [0.717, 1.165) is 16.7 Å². The van der Waals surface area contributed by atoms with Crippen LogP contribution in [0.4, 0.5) is 5.69 Å². The summed E-state index contributed by atoms with van der Waals surface area (Å²) in [6, 6.07) is 33.4. The summed E-state index contributed by atoms with van der Waals surface area (Å²) < 4.78 is 0. The van der Waals surface area contributed by atoms with Gasteiger partial charge < -0.3 is 10.4 Å². The van der Waals surface area contributed by atoms with Gasteiger partial charge in [0.2, 0.25) is 0 Å². The Morgan fingerprint density at radius 2 is 1.26 bits per heavy atom. The molecular formula is C27H22ClNO2. The first-order valence-corrected chi connectivity index (χ1v) is 10.4. The van der Waals surface area contributed by atoms with Crippen LogP contribution in [0.1, 0.15) is 27.0 Å². The lowest BCUT2D eigenvalue weighted by Crippen LogP contribution is -2.31. The fourth-order valence-electron chi connectivity index (χ4n) is 3.70. The van der Waals surface area contributed by atoms with Crippen LogP contribution >= 0.6 is 11.6 Å². The summed E-state index contributed by atoms with van der Waals surface area (Å²) >= 11 is 5.94. The van der Waals surface area contributed by atoms with Gasteiger partial charge in [-0.2, -0.15) is 0 Å². The number of benzene rings is 4. The van der Waals surface area contributed by atoms with Crippen molar-refractivity contribution >= 4 is 23.2 Å². The molecule has 0 saturated carbocycles. The Labute approximate surface area is 187 Å². The molecule has 1 amide bonds. The van der Waals surface area contributed by atoms with Crippen LogP contribution < -0.4 is 5.32 Å².